The summed E-state index contributed by atoms with van der Waals surface area (Å²) in [5.41, 5.74) is 8.17. The van der Waals surface area contributed by atoms with E-state index < -0.39 is 0 Å². The van der Waals surface area contributed by atoms with Crippen LogP contribution < -0.4 is 5.73 Å². The minimum atomic E-state index is 0. The van der Waals surface area contributed by atoms with Crippen LogP contribution in [-0.4, -0.2) is 23.9 Å². The number of hydrogen-bond donors (Lipinski definition) is 1. The molecule has 0 aliphatic carbocycles. The minimum absolute atomic E-state index is 0. The Morgan fingerprint density at radius 1 is 1.22 bits per heavy atom. The Kier molecular flexibility index (Phi) is 7.40. The molecule has 1 amide bonds. The van der Waals surface area contributed by atoms with E-state index in [1.165, 1.54) is 6.42 Å². The van der Waals surface area contributed by atoms with Crippen LogP contribution in [0.15, 0.2) is 24.3 Å². The number of nitrogens with two attached hydrogens (primary N) is 1. The molecule has 1 fully saturated rings. The van der Waals surface area contributed by atoms with Crippen molar-refractivity contribution in [2.45, 2.75) is 52.9 Å². The molecule has 2 N–H and O–H groups in total. The molecule has 0 spiro atoms. The predicted octanol–water partition coefficient (Wildman–Crippen LogP) is 4.30. The molecular formula is C19H31ClN2O. The quantitative estimate of drug-likeness (QED) is 0.835. The first kappa shape index (κ1) is 19.8. The molecule has 3 nitrogen and oxygen atoms in total. The highest BCUT2D eigenvalue weighted by molar-refractivity contribution is 5.85. The highest BCUT2D eigenvalue weighted by atomic mass is 35.5. The van der Waals surface area contributed by atoms with Gasteiger partial charge < -0.3 is 10.6 Å². The fourth-order valence-corrected chi connectivity index (χ4v) is 3.37. The van der Waals surface area contributed by atoms with E-state index in [1.807, 2.05) is 24.3 Å². The molecule has 0 bridgehead atoms. The first-order chi connectivity index (χ1) is 10.4. The standard InChI is InChI=1S/C19H30N2O.ClH/c1-19(2,3)16-8-6-13-21(14-12-16)18(22)11-10-15-7-4-5-9-17(15)20;/h4-5,7,9,16H,6,8,10-14,20H2,1-3H3;1H. The molecular weight excluding hydrogens is 308 g/mol. The van der Waals surface area contributed by atoms with E-state index in [0.717, 1.165) is 49.5 Å². The molecule has 1 atom stereocenters. The average molecular weight is 339 g/mol. The van der Waals surface area contributed by atoms with E-state index in [1.54, 1.807) is 0 Å². The lowest BCUT2D eigenvalue weighted by Gasteiger charge is -2.29. The average Bonchev–Trinajstić information content (AvgIpc) is 2.71. The highest BCUT2D eigenvalue weighted by Gasteiger charge is 2.28. The SMILES string of the molecule is CC(C)(C)C1CCCN(C(=O)CCc2ccccc2N)CC1.Cl. The van der Waals surface area contributed by atoms with Crippen LogP contribution in [0.25, 0.3) is 0 Å². The third-order valence-electron chi connectivity index (χ3n) is 4.97. The predicted molar refractivity (Wildman–Crippen MR) is 99.8 cm³/mol. The lowest BCUT2D eigenvalue weighted by atomic mass is 9.77. The second-order valence-electron chi connectivity index (χ2n) is 7.57. The molecule has 1 unspecified atom stereocenters. The van der Waals surface area contributed by atoms with Crippen molar-refractivity contribution in [3.8, 4) is 0 Å². The molecule has 1 heterocycles. The minimum Gasteiger partial charge on any atom is -0.399 e. The Hall–Kier alpha value is -1.22. The summed E-state index contributed by atoms with van der Waals surface area (Å²) in [4.78, 5) is 14.5. The monoisotopic (exact) mass is 338 g/mol. The molecule has 1 aromatic carbocycles. The maximum absolute atomic E-state index is 12.5. The van der Waals surface area contributed by atoms with Crippen molar-refractivity contribution in [2.24, 2.45) is 11.3 Å². The van der Waals surface area contributed by atoms with Gasteiger partial charge in [-0.2, -0.15) is 0 Å². The van der Waals surface area contributed by atoms with Gasteiger partial charge in [0.05, 0.1) is 0 Å². The second kappa shape index (κ2) is 8.58. The molecule has 2 rings (SSSR count). The number of rotatable bonds is 3. The number of hydrogen-bond acceptors (Lipinski definition) is 2. The smallest absolute Gasteiger partial charge is 0.222 e. The number of anilines is 1. The summed E-state index contributed by atoms with van der Waals surface area (Å²) in [6, 6.07) is 7.83. The zero-order valence-corrected chi connectivity index (χ0v) is 15.5. The first-order valence-electron chi connectivity index (χ1n) is 8.49. The summed E-state index contributed by atoms with van der Waals surface area (Å²) in [5, 5.41) is 0. The number of para-hydroxylation sites is 1. The van der Waals surface area contributed by atoms with E-state index in [0.29, 0.717) is 11.8 Å². The van der Waals surface area contributed by atoms with Crippen molar-refractivity contribution >= 4 is 24.0 Å². The third kappa shape index (κ3) is 5.72. The Morgan fingerprint density at radius 2 is 1.91 bits per heavy atom. The number of nitrogen functional groups attached to an aromatic ring is 1. The Labute approximate surface area is 147 Å². The van der Waals surface area contributed by atoms with Crippen LogP contribution in [0, 0.1) is 11.3 Å². The van der Waals surface area contributed by atoms with E-state index >= 15 is 0 Å². The third-order valence-corrected chi connectivity index (χ3v) is 4.97. The van der Waals surface area contributed by atoms with Gasteiger partial charge in [0.15, 0.2) is 0 Å². The maximum Gasteiger partial charge on any atom is 0.222 e. The van der Waals surface area contributed by atoms with E-state index in [4.69, 9.17) is 5.73 Å². The van der Waals surface area contributed by atoms with Gasteiger partial charge in [0.2, 0.25) is 5.91 Å². The molecule has 23 heavy (non-hydrogen) atoms. The van der Waals surface area contributed by atoms with Crippen LogP contribution in [-0.2, 0) is 11.2 Å². The Morgan fingerprint density at radius 3 is 2.57 bits per heavy atom. The van der Waals surface area contributed by atoms with Crippen molar-refractivity contribution in [3.05, 3.63) is 29.8 Å². The lowest BCUT2D eigenvalue weighted by molar-refractivity contribution is -0.131. The lowest BCUT2D eigenvalue weighted by Crippen LogP contribution is -2.32. The largest absolute Gasteiger partial charge is 0.399 e. The number of amides is 1. The number of likely N-dealkylation sites (tertiary alicyclic amines) is 1. The fourth-order valence-electron chi connectivity index (χ4n) is 3.37. The van der Waals surface area contributed by atoms with Crippen molar-refractivity contribution < 1.29 is 4.79 Å². The summed E-state index contributed by atoms with van der Waals surface area (Å²) in [6.07, 6.45) is 4.79. The van der Waals surface area contributed by atoms with Crippen LogP contribution in [0.5, 0.6) is 0 Å². The maximum atomic E-state index is 12.5. The first-order valence-corrected chi connectivity index (χ1v) is 8.49. The number of carbonyl (C=O) groups is 1. The van der Waals surface area contributed by atoms with E-state index in [-0.39, 0.29) is 18.3 Å². The molecule has 0 aromatic heterocycles. The number of halogens is 1. The van der Waals surface area contributed by atoms with Gasteiger partial charge in [-0.15, -0.1) is 12.4 Å². The zero-order valence-electron chi connectivity index (χ0n) is 14.7. The summed E-state index contributed by atoms with van der Waals surface area (Å²) < 4.78 is 0. The molecule has 4 heteroatoms. The Bertz CT molecular complexity index is 510. The van der Waals surface area contributed by atoms with Crippen LogP contribution >= 0.6 is 12.4 Å². The van der Waals surface area contributed by atoms with Gasteiger partial charge in [0.25, 0.3) is 0 Å². The van der Waals surface area contributed by atoms with Crippen LogP contribution in [0.3, 0.4) is 0 Å². The molecule has 1 aliphatic rings. The van der Waals surface area contributed by atoms with Crippen LogP contribution in [0.1, 0.15) is 52.0 Å². The van der Waals surface area contributed by atoms with Crippen molar-refractivity contribution in [1.82, 2.24) is 4.90 Å². The van der Waals surface area contributed by atoms with Crippen LogP contribution in [0.4, 0.5) is 5.69 Å². The van der Waals surface area contributed by atoms with Gasteiger partial charge in [-0.1, -0.05) is 39.0 Å². The van der Waals surface area contributed by atoms with Crippen molar-refractivity contribution in [1.29, 1.82) is 0 Å². The number of nitrogens with zero attached hydrogens (tertiary/aromatic N) is 1. The second-order valence-corrected chi connectivity index (χ2v) is 7.57. The normalized spacial score (nSPS) is 18.9. The van der Waals surface area contributed by atoms with Crippen molar-refractivity contribution in [3.63, 3.8) is 0 Å². The molecule has 1 aliphatic heterocycles. The van der Waals surface area contributed by atoms with Crippen molar-refractivity contribution in [2.75, 3.05) is 18.8 Å². The van der Waals surface area contributed by atoms with Gasteiger partial charge >= 0.3 is 0 Å². The van der Waals surface area contributed by atoms with Gasteiger partial charge in [-0.05, 0) is 48.6 Å². The van der Waals surface area contributed by atoms with E-state index in [2.05, 4.69) is 25.7 Å². The van der Waals surface area contributed by atoms with E-state index in [9.17, 15) is 4.79 Å². The molecule has 1 aromatic rings. The number of carbonyl (C=O) groups excluding carboxylic acids is 1. The molecule has 1 saturated heterocycles. The fraction of sp³-hybridized carbons (Fsp3) is 0.632. The van der Waals surface area contributed by atoms with Gasteiger partial charge in [-0.25, -0.2) is 0 Å². The topological polar surface area (TPSA) is 46.3 Å². The van der Waals surface area contributed by atoms with Gasteiger partial charge in [0, 0.05) is 25.2 Å². The zero-order chi connectivity index (χ0) is 16.2. The molecule has 0 radical (unpaired) electrons. The van der Waals surface area contributed by atoms with Crippen LogP contribution in [0.2, 0.25) is 0 Å². The van der Waals surface area contributed by atoms with Gasteiger partial charge in [0.1, 0.15) is 0 Å². The number of aryl methyl sites for hydroxylation is 1. The summed E-state index contributed by atoms with van der Waals surface area (Å²) >= 11 is 0. The summed E-state index contributed by atoms with van der Waals surface area (Å²) in [7, 11) is 0. The Balaban J connectivity index is 0.00000264. The van der Waals surface area contributed by atoms with Gasteiger partial charge in [-0.3, -0.25) is 4.79 Å². The summed E-state index contributed by atoms with van der Waals surface area (Å²) in [5.74, 6) is 0.993. The molecule has 0 saturated carbocycles. The highest BCUT2D eigenvalue weighted by Crippen LogP contribution is 2.34. The summed E-state index contributed by atoms with van der Waals surface area (Å²) in [6.45, 7) is 8.76. The number of benzene rings is 1. The molecule has 130 valence electrons.